The zero-order chi connectivity index (χ0) is 14.7. The first-order valence-corrected chi connectivity index (χ1v) is 7.10. The molecular formula is C16H17FN4. The van der Waals surface area contributed by atoms with E-state index >= 15 is 0 Å². The number of hydrogen-bond acceptors (Lipinski definition) is 3. The Bertz CT molecular complexity index is 751. The monoisotopic (exact) mass is 284 g/mol. The summed E-state index contributed by atoms with van der Waals surface area (Å²) in [7, 11) is 0. The number of nitrogens with one attached hydrogen (secondary N) is 1. The number of fused-ring (bicyclic) bond motifs is 1. The van der Waals surface area contributed by atoms with Gasteiger partial charge in [0.2, 0.25) is 0 Å². The predicted molar refractivity (Wildman–Crippen MR) is 80.8 cm³/mol. The minimum atomic E-state index is -0.226. The molecular weight excluding hydrogens is 267 g/mol. The first-order valence-electron chi connectivity index (χ1n) is 7.10. The molecule has 0 unspecified atom stereocenters. The lowest BCUT2D eigenvalue weighted by molar-refractivity contribution is 0.582. The highest BCUT2D eigenvalue weighted by Crippen LogP contribution is 2.21. The lowest BCUT2D eigenvalue weighted by Crippen LogP contribution is -2.17. The summed E-state index contributed by atoms with van der Waals surface area (Å²) in [5, 5.41) is 11.5. The van der Waals surface area contributed by atoms with Crippen molar-refractivity contribution in [2.75, 3.05) is 6.54 Å². The van der Waals surface area contributed by atoms with Crippen molar-refractivity contribution in [2.24, 2.45) is 0 Å². The van der Waals surface area contributed by atoms with E-state index in [0.29, 0.717) is 12.1 Å². The van der Waals surface area contributed by atoms with Gasteiger partial charge in [0, 0.05) is 12.1 Å². The minimum absolute atomic E-state index is 0.226. The van der Waals surface area contributed by atoms with Gasteiger partial charge in [-0.15, -0.1) is 5.10 Å². The van der Waals surface area contributed by atoms with Crippen LogP contribution in [0.4, 0.5) is 4.39 Å². The SMILES string of the molecule is CCCNCc1c(F)cccc1-n1nnc2ccccc21. The molecule has 1 heterocycles. The number of nitrogens with zero attached hydrogens (tertiary/aromatic N) is 3. The largest absolute Gasteiger partial charge is 0.312 e. The first kappa shape index (κ1) is 13.7. The first-order chi connectivity index (χ1) is 10.3. The Labute approximate surface area is 122 Å². The molecule has 5 heteroatoms. The molecule has 108 valence electrons. The van der Waals surface area contributed by atoms with Crippen LogP contribution in [0.15, 0.2) is 42.5 Å². The third-order valence-electron chi connectivity index (χ3n) is 3.40. The maximum Gasteiger partial charge on any atom is 0.129 e. The molecule has 2 aromatic carbocycles. The summed E-state index contributed by atoms with van der Waals surface area (Å²) in [6, 6.07) is 12.7. The molecule has 0 aliphatic rings. The average Bonchev–Trinajstić information content (AvgIpc) is 2.93. The van der Waals surface area contributed by atoms with Crippen LogP contribution < -0.4 is 5.32 Å². The van der Waals surface area contributed by atoms with Crippen molar-refractivity contribution < 1.29 is 4.39 Å². The van der Waals surface area contributed by atoms with Crippen molar-refractivity contribution in [1.29, 1.82) is 0 Å². The van der Waals surface area contributed by atoms with Gasteiger partial charge in [-0.1, -0.05) is 30.3 Å². The summed E-state index contributed by atoms with van der Waals surface area (Å²) in [4.78, 5) is 0. The van der Waals surface area contributed by atoms with E-state index in [9.17, 15) is 4.39 Å². The van der Waals surface area contributed by atoms with Gasteiger partial charge in [-0.05, 0) is 37.2 Å². The lowest BCUT2D eigenvalue weighted by Gasteiger charge is -2.11. The third-order valence-corrected chi connectivity index (χ3v) is 3.40. The van der Waals surface area contributed by atoms with Crippen LogP contribution in [-0.2, 0) is 6.54 Å². The fraction of sp³-hybridized carbons (Fsp3) is 0.250. The zero-order valence-electron chi connectivity index (χ0n) is 11.9. The standard InChI is InChI=1S/C16H17FN4/c1-2-10-18-11-12-13(17)6-5-9-15(12)21-16-8-4-3-7-14(16)19-20-21/h3-9,18H,2,10-11H2,1H3. The van der Waals surface area contributed by atoms with Gasteiger partial charge in [0.1, 0.15) is 11.3 Å². The van der Waals surface area contributed by atoms with E-state index in [2.05, 4.69) is 22.6 Å². The summed E-state index contributed by atoms with van der Waals surface area (Å²) in [6.45, 7) is 3.41. The molecule has 21 heavy (non-hydrogen) atoms. The molecule has 0 spiro atoms. The van der Waals surface area contributed by atoms with E-state index in [4.69, 9.17) is 0 Å². The fourth-order valence-corrected chi connectivity index (χ4v) is 2.36. The maximum atomic E-state index is 14.2. The van der Waals surface area contributed by atoms with E-state index in [-0.39, 0.29) is 5.82 Å². The summed E-state index contributed by atoms with van der Waals surface area (Å²) in [6.07, 6.45) is 1.01. The molecule has 0 aliphatic carbocycles. The van der Waals surface area contributed by atoms with Gasteiger partial charge < -0.3 is 5.32 Å². The number of halogens is 1. The van der Waals surface area contributed by atoms with Gasteiger partial charge >= 0.3 is 0 Å². The second-order valence-corrected chi connectivity index (χ2v) is 4.90. The van der Waals surface area contributed by atoms with Crippen LogP contribution in [-0.4, -0.2) is 21.5 Å². The van der Waals surface area contributed by atoms with Gasteiger partial charge in [0.15, 0.2) is 0 Å². The summed E-state index contributed by atoms with van der Waals surface area (Å²) < 4.78 is 15.9. The Hall–Kier alpha value is -2.27. The molecule has 0 saturated carbocycles. The summed E-state index contributed by atoms with van der Waals surface area (Å²) >= 11 is 0. The third kappa shape index (κ3) is 2.64. The van der Waals surface area contributed by atoms with E-state index in [1.165, 1.54) is 6.07 Å². The van der Waals surface area contributed by atoms with Crippen LogP contribution in [0, 0.1) is 5.82 Å². The van der Waals surface area contributed by atoms with E-state index < -0.39 is 0 Å². The summed E-state index contributed by atoms with van der Waals surface area (Å²) in [5.41, 5.74) is 3.02. The second-order valence-electron chi connectivity index (χ2n) is 4.90. The molecule has 3 aromatic rings. The van der Waals surface area contributed by atoms with E-state index in [1.807, 2.05) is 30.3 Å². The Morgan fingerprint density at radius 3 is 2.86 bits per heavy atom. The van der Waals surface area contributed by atoms with Crippen molar-refractivity contribution >= 4 is 11.0 Å². The highest BCUT2D eigenvalue weighted by molar-refractivity contribution is 5.76. The molecule has 1 N–H and O–H groups in total. The molecule has 4 nitrogen and oxygen atoms in total. The molecule has 0 fully saturated rings. The zero-order valence-corrected chi connectivity index (χ0v) is 11.9. The van der Waals surface area contributed by atoms with Crippen LogP contribution in [0.2, 0.25) is 0 Å². The Morgan fingerprint density at radius 1 is 1.14 bits per heavy atom. The minimum Gasteiger partial charge on any atom is -0.312 e. The number of para-hydroxylation sites is 1. The molecule has 0 aliphatic heterocycles. The Kier molecular flexibility index (Phi) is 3.92. The van der Waals surface area contributed by atoms with Gasteiger partial charge in [-0.3, -0.25) is 0 Å². The normalized spacial score (nSPS) is 11.1. The average molecular weight is 284 g/mol. The summed E-state index contributed by atoms with van der Waals surface area (Å²) in [5.74, 6) is -0.226. The number of benzene rings is 2. The molecule has 3 rings (SSSR count). The number of aromatic nitrogens is 3. The Morgan fingerprint density at radius 2 is 2.00 bits per heavy atom. The van der Waals surface area contributed by atoms with Gasteiger partial charge in [0.05, 0.1) is 11.2 Å². The van der Waals surface area contributed by atoms with Gasteiger partial charge in [-0.25, -0.2) is 9.07 Å². The Balaban J connectivity index is 2.07. The van der Waals surface area contributed by atoms with Crippen molar-refractivity contribution in [2.45, 2.75) is 19.9 Å². The van der Waals surface area contributed by atoms with Crippen LogP contribution in [0.25, 0.3) is 16.7 Å². The van der Waals surface area contributed by atoms with Crippen LogP contribution in [0.1, 0.15) is 18.9 Å². The van der Waals surface area contributed by atoms with Crippen molar-refractivity contribution in [3.05, 3.63) is 53.8 Å². The predicted octanol–water partition coefficient (Wildman–Crippen LogP) is 3.06. The van der Waals surface area contributed by atoms with Crippen molar-refractivity contribution in [1.82, 2.24) is 20.3 Å². The van der Waals surface area contributed by atoms with E-state index in [1.54, 1.807) is 10.7 Å². The van der Waals surface area contributed by atoms with E-state index in [0.717, 1.165) is 29.7 Å². The highest BCUT2D eigenvalue weighted by atomic mass is 19.1. The molecule has 1 aromatic heterocycles. The molecule has 0 bridgehead atoms. The molecule has 0 saturated heterocycles. The maximum absolute atomic E-state index is 14.2. The quantitative estimate of drug-likeness (QED) is 0.732. The number of rotatable bonds is 5. The lowest BCUT2D eigenvalue weighted by atomic mass is 10.1. The van der Waals surface area contributed by atoms with Crippen LogP contribution in [0.3, 0.4) is 0 Å². The topological polar surface area (TPSA) is 42.7 Å². The van der Waals surface area contributed by atoms with Crippen LogP contribution >= 0.6 is 0 Å². The smallest absolute Gasteiger partial charge is 0.129 e. The van der Waals surface area contributed by atoms with Crippen LogP contribution in [0.5, 0.6) is 0 Å². The second kappa shape index (κ2) is 6.01. The molecule has 0 atom stereocenters. The molecule has 0 amide bonds. The van der Waals surface area contributed by atoms with Gasteiger partial charge in [-0.2, -0.15) is 0 Å². The van der Waals surface area contributed by atoms with Gasteiger partial charge in [0.25, 0.3) is 0 Å². The van der Waals surface area contributed by atoms with Crippen molar-refractivity contribution in [3.8, 4) is 5.69 Å². The fourth-order valence-electron chi connectivity index (χ4n) is 2.36. The van der Waals surface area contributed by atoms with Crippen molar-refractivity contribution in [3.63, 3.8) is 0 Å². The number of hydrogen-bond donors (Lipinski definition) is 1. The highest BCUT2D eigenvalue weighted by Gasteiger charge is 2.13. The molecule has 0 radical (unpaired) electrons.